The van der Waals surface area contributed by atoms with Gasteiger partial charge in [0.15, 0.2) is 0 Å². The van der Waals surface area contributed by atoms with E-state index in [0.29, 0.717) is 26.1 Å². The van der Waals surface area contributed by atoms with E-state index in [9.17, 15) is 14.7 Å². The maximum absolute atomic E-state index is 12.6. The van der Waals surface area contributed by atoms with Crippen LogP contribution in [0.2, 0.25) is 0 Å². The van der Waals surface area contributed by atoms with E-state index >= 15 is 0 Å². The van der Waals surface area contributed by atoms with Gasteiger partial charge in [0.25, 0.3) is 0 Å². The van der Waals surface area contributed by atoms with Crippen molar-refractivity contribution in [2.75, 3.05) is 19.6 Å². The Morgan fingerprint density at radius 3 is 2.75 bits per heavy atom. The number of hydrogen-bond acceptors (Lipinski definition) is 4. The number of amides is 2. The first kappa shape index (κ1) is 18.4. The fourth-order valence-corrected chi connectivity index (χ4v) is 3.13. The molecule has 132 valence electrons. The van der Waals surface area contributed by atoms with Crippen molar-refractivity contribution < 1.29 is 14.7 Å². The van der Waals surface area contributed by atoms with Crippen molar-refractivity contribution in [1.82, 2.24) is 15.5 Å². The lowest BCUT2D eigenvalue weighted by atomic mass is 9.94. The van der Waals surface area contributed by atoms with Crippen LogP contribution in [0.4, 0.5) is 0 Å². The van der Waals surface area contributed by atoms with Crippen molar-refractivity contribution in [2.45, 2.75) is 44.9 Å². The van der Waals surface area contributed by atoms with Gasteiger partial charge in [0.05, 0.1) is 12.1 Å². The fourth-order valence-electron chi connectivity index (χ4n) is 3.13. The Kier molecular flexibility index (Phi) is 6.75. The van der Waals surface area contributed by atoms with E-state index in [1.54, 1.807) is 4.90 Å². The molecule has 1 aliphatic heterocycles. The lowest BCUT2D eigenvalue weighted by molar-refractivity contribution is -0.140. The van der Waals surface area contributed by atoms with Crippen LogP contribution in [-0.2, 0) is 16.0 Å². The molecule has 1 aromatic rings. The molecule has 0 saturated carbocycles. The third-order valence-electron chi connectivity index (χ3n) is 4.26. The van der Waals surface area contributed by atoms with Crippen molar-refractivity contribution in [1.29, 1.82) is 0 Å². The third kappa shape index (κ3) is 4.79. The second-order valence-electron chi connectivity index (χ2n) is 6.24. The van der Waals surface area contributed by atoms with Crippen LogP contribution in [0.15, 0.2) is 30.3 Å². The summed E-state index contributed by atoms with van der Waals surface area (Å²) in [6.45, 7) is 5.43. The molecule has 6 heteroatoms. The zero-order chi connectivity index (χ0) is 17.5. The summed E-state index contributed by atoms with van der Waals surface area (Å²) in [5.74, 6) is -0.317. The predicted molar refractivity (Wildman–Crippen MR) is 92.4 cm³/mol. The molecule has 24 heavy (non-hydrogen) atoms. The van der Waals surface area contributed by atoms with Crippen molar-refractivity contribution >= 4 is 11.8 Å². The molecule has 3 atom stereocenters. The number of piperazine rings is 1. The summed E-state index contributed by atoms with van der Waals surface area (Å²) in [5.41, 5.74) is 1.00. The minimum Gasteiger partial charge on any atom is -0.389 e. The molecule has 0 aliphatic carbocycles. The summed E-state index contributed by atoms with van der Waals surface area (Å²) in [7, 11) is 0. The van der Waals surface area contributed by atoms with Gasteiger partial charge in [-0.15, -0.1) is 0 Å². The zero-order valence-corrected chi connectivity index (χ0v) is 14.4. The molecule has 2 rings (SSSR count). The van der Waals surface area contributed by atoms with Gasteiger partial charge in [0.2, 0.25) is 11.8 Å². The smallest absolute Gasteiger partial charge is 0.242 e. The Labute approximate surface area is 143 Å². The Morgan fingerprint density at radius 2 is 2.12 bits per heavy atom. The Balaban J connectivity index is 2.12. The van der Waals surface area contributed by atoms with Gasteiger partial charge in [0.1, 0.15) is 6.04 Å². The summed E-state index contributed by atoms with van der Waals surface area (Å²) in [5, 5.41) is 16.7. The van der Waals surface area contributed by atoms with Crippen LogP contribution in [0.1, 0.15) is 25.8 Å². The molecule has 1 saturated heterocycles. The lowest BCUT2D eigenvalue weighted by Crippen LogP contribution is -2.64. The zero-order valence-electron chi connectivity index (χ0n) is 14.4. The molecule has 0 bridgehead atoms. The molecule has 2 amide bonds. The van der Waals surface area contributed by atoms with Crippen LogP contribution >= 0.6 is 0 Å². The molecular formula is C18H27N3O3. The number of hydrogen-bond donors (Lipinski definition) is 3. The van der Waals surface area contributed by atoms with Crippen LogP contribution in [0.5, 0.6) is 0 Å². The van der Waals surface area contributed by atoms with E-state index in [-0.39, 0.29) is 11.8 Å². The normalized spacial score (nSPS) is 20.5. The second-order valence-corrected chi connectivity index (χ2v) is 6.24. The summed E-state index contributed by atoms with van der Waals surface area (Å²) >= 11 is 0. The van der Waals surface area contributed by atoms with Crippen LogP contribution in [-0.4, -0.2) is 59.6 Å². The number of rotatable bonds is 7. The lowest BCUT2D eigenvalue weighted by Gasteiger charge is -2.37. The number of nitrogens with zero attached hydrogens (tertiary/aromatic N) is 1. The molecule has 0 aromatic heterocycles. The Hall–Kier alpha value is -1.92. The summed E-state index contributed by atoms with van der Waals surface area (Å²) in [6, 6.07) is 8.43. The van der Waals surface area contributed by atoms with Gasteiger partial charge < -0.3 is 20.6 Å². The molecular weight excluding hydrogens is 306 g/mol. The summed E-state index contributed by atoms with van der Waals surface area (Å²) in [4.78, 5) is 25.9. The molecule has 0 radical (unpaired) electrons. The average Bonchev–Trinajstić information content (AvgIpc) is 2.56. The molecule has 1 heterocycles. The Morgan fingerprint density at radius 1 is 1.42 bits per heavy atom. The first-order valence-electron chi connectivity index (χ1n) is 8.54. The van der Waals surface area contributed by atoms with Crippen molar-refractivity contribution in [3.63, 3.8) is 0 Å². The van der Waals surface area contributed by atoms with Gasteiger partial charge in [-0.25, -0.2) is 0 Å². The molecule has 6 nitrogen and oxygen atoms in total. The van der Waals surface area contributed by atoms with Crippen LogP contribution in [0, 0.1) is 0 Å². The number of benzene rings is 1. The van der Waals surface area contributed by atoms with Crippen molar-refractivity contribution in [3.8, 4) is 0 Å². The van der Waals surface area contributed by atoms with Crippen LogP contribution < -0.4 is 10.6 Å². The van der Waals surface area contributed by atoms with E-state index in [1.807, 2.05) is 37.3 Å². The minimum atomic E-state index is -0.985. The number of carbonyl (C=O) groups is 2. The summed E-state index contributed by atoms with van der Waals surface area (Å²) in [6.07, 6.45) is 0.371. The number of aliphatic hydroxyl groups is 1. The molecule has 1 aliphatic rings. The van der Waals surface area contributed by atoms with Crippen molar-refractivity contribution in [3.05, 3.63) is 35.9 Å². The van der Waals surface area contributed by atoms with Crippen LogP contribution in [0.3, 0.4) is 0 Å². The number of nitrogens with one attached hydrogen (secondary N) is 2. The highest BCUT2D eigenvalue weighted by Gasteiger charge is 2.37. The van der Waals surface area contributed by atoms with Gasteiger partial charge in [-0.3, -0.25) is 9.59 Å². The highest BCUT2D eigenvalue weighted by Crippen LogP contribution is 2.13. The quantitative estimate of drug-likeness (QED) is 0.671. The van der Waals surface area contributed by atoms with E-state index in [1.165, 1.54) is 6.92 Å². The average molecular weight is 333 g/mol. The first-order chi connectivity index (χ1) is 11.5. The third-order valence-corrected chi connectivity index (χ3v) is 4.26. The SMILES string of the molecule is CCCN1CCNC(C(O)C(Cc2ccccc2)NC(C)=O)C1=O. The van der Waals surface area contributed by atoms with Crippen LogP contribution in [0.25, 0.3) is 0 Å². The Bertz CT molecular complexity index is 548. The highest BCUT2D eigenvalue weighted by molar-refractivity contribution is 5.83. The van der Waals surface area contributed by atoms with Gasteiger partial charge in [-0.1, -0.05) is 37.3 Å². The molecule has 1 aromatic carbocycles. The van der Waals surface area contributed by atoms with Gasteiger partial charge in [0, 0.05) is 26.6 Å². The molecule has 1 fully saturated rings. The standard InChI is InChI=1S/C18H27N3O3/c1-3-10-21-11-9-19-16(18(21)24)17(23)15(20-13(2)22)12-14-7-5-4-6-8-14/h4-8,15-17,19,23H,3,9-12H2,1-2H3,(H,20,22). The topological polar surface area (TPSA) is 81.7 Å². The number of carbonyl (C=O) groups excluding carboxylic acids is 2. The van der Waals surface area contributed by atoms with Gasteiger partial charge in [-0.05, 0) is 18.4 Å². The highest BCUT2D eigenvalue weighted by atomic mass is 16.3. The van der Waals surface area contributed by atoms with Crippen molar-refractivity contribution in [2.24, 2.45) is 0 Å². The summed E-state index contributed by atoms with van der Waals surface area (Å²) < 4.78 is 0. The predicted octanol–water partition coefficient (Wildman–Crippen LogP) is 0.305. The van der Waals surface area contributed by atoms with E-state index in [2.05, 4.69) is 10.6 Å². The fraction of sp³-hybridized carbons (Fsp3) is 0.556. The maximum Gasteiger partial charge on any atom is 0.242 e. The largest absolute Gasteiger partial charge is 0.389 e. The molecule has 0 spiro atoms. The first-order valence-corrected chi connectivity index (χ1v) is 8.54. The molecule has 3 unspecified atom stereocenters. The molecule has 3 N–H and O–H groups in total. The number of aliphatic hydroxyl groups excluding tert-OH is 1. The van der Waals surface area contributed by atoms with E-state index < -0.39 is 18.2 Å². The van der Waals surface area contributed by atoms with E-state index in [4.69, 9.17) is 0 Å². The van der Waals surface area contributed by atoms with Gasteiger partial charge >= 0.3 is 0 Å². The maximum atomic E-state index is 12.6. The second kappa shape index (κ2) is 8.80. The van der Waals surface area contributed by atoms with E-state index in [0.717, 1.165) is 12.0 Å². The minimum absolute atomic E-state index is 0.0981. The monoisotopic (exact) mass is 333 g/mol. The van der Waals surface area contributed by atoms with Gasteiger partial charge in [-0.2, -0.15) is 0 Å².